The topological polar surface area (TPSA) is 51.1 Å². The molecule has 1 heterocycles. The van der Waals surface area contributed by atoms with E-state index in [2.05, 4.69) is 21.2 Å². The van der Waals surface area contributed by atoms with Crippen LogP contribution in [0.1, 0.15) is 5.56 Å². The van der Waals surface area contributed by atoms with Crippen LogP contribution in [0.3, 0.4) is 0 Å². The van der Waals surface area contributed by atoms with Crippen molar-refractivity contribution in [1.82, 2.24) is 4.57 Å². The van der Waals surface area contributed by atoms with Crippen molar-refractivity contribution >= 4 is 39.1 Å². The third-order valence-electron chi connectivity index (χ3n) is 2.89. The van der Waals surface area contributed by atoms with Crippen molar-refractivity contribution < 1.29 is 22.4 Å². The number of hydrogen-bond donors (Lipinski definition) is 1. The van der Waals surface area contributed by atoms with Crippen LogP contribution >= 0.6 is 27.5 Å². The van der Waals surface area contributed by atoms with Gasteiger partial charge in [-0.25, -0.2) is 4.39 Å². The van der Waals surface area contributed by atoms with Crippen molar-refractivity contribution in [3.05, 3.63) is 61.7 Å². The van der Waals surface area contributed by atoms with Gasteiger partial charge in [-0.05, 0) is 24.3 Å². The summed E-state index contributed by atoms with van der Waals surface area (Å²) in [5, 5.41) is 1.50. The molecule has 2 aromatic rings. The van der Waals surface area contributed by atoms with E-state index in [1.165, 1.54) is 12.1 Å². The zero-order valence-electron chi connectivity index (χ0n) is 11.6. The minimum atomic E-state index is -4.73. The summed E-state index contributed by atoms with van der Waals surface area (Å²) in [7, 11) is 0. The fraction of sp³-hybridized carbons (Fsp3) is 0.143. The maximum absolute atomic E-state index is 13.6. The monoisotopic (exact) mass is 426 g/mol. The molecule has 24 heavy (non-hydrogen) atoms. The number of aromatic nitrogens is 1. The van der Waals surface area contributed by atoms with Crippen molar-refractivity contribution in [2.45, 2.75) is 12.7 Å². The molecule has 1 N–H and O–H groups in total. The SMILES string of the molecule is O=C(Cn1cc(C(F)(F)F)cc(Cl)c1=O)Nc1ccc(Br)cc1F. The second-order valence-corrected chi connectivity index (χ2v) is 6.00. The molecule has 0 aliphatic rings. The Balaban J connectivity index is 2.25. The zero-order chi connectivity index (χ0) is 18.1. The molecule has 128 valence electrons. The van der Waals surface area contributed by atoms with Gasteiger partial charge in [0, 0.05) is 10.7 Å². The average Bonchev–Trinajstić information content (AvgIpc) is 2.45. The maximum atomic E-state index is 13.6. The van der Waals surface area contributed by atoms with Crippen LogP contribution in [-0.2, 0) is 17.5 Å². The third-order valence-corrected chi connectivity index (χ3v) is 3.65. The highest BCUT2D eigenvalue weighted by atomic mass is 79.9. The Morgan fingerprint density at radius 2 is 1.96 bits per heavy atom. The lowest BCUT2D eigenvalue weighted by Crippen LogP contribution is -2.29. The van der Waals surface area contributed by atoms with Gasteiger partial charge in [-0.3, -0.25) is 9.59 Å². The average molecular weight is 428 g/mol. The van der Waals surface area contributed by atoms with Gasteiger partial charge in [-0.1, -0.05) is 27.5 Å². The summed E-state index contributed by atoms with van der Waals surface area (Å²) in [5.74, 6) is -1.62. The Labute approximate surface area is 146 Å². The molecule has 10 heteroatoms. The number of halogens is 6. The Morgan fingerprint density at radius 1 is 1.29 bits per heavy atom. The minimum Gasteiger partial charge on any atom is -0.322 e. The second-order valence-electron chi connectivity index (χ2n) is 4.68. The summed E-state index contributed by atoms with van der Waals surface area (Å²) in [6.45, 7) is -0.752. The molecule has 0 spiro atoms. The molecular formula is C14H8BrClF4N2O2. The number of nitrogens with one attached hydrogen (secondary N) is 1. The molecular weight excluding hydrogens is 420 g/mol. The number of anilines is 1. The number of carbonyl (C=O) groups is 1. The highest BCUT2D eigenvalue weighted by molar-refractivity contribution is 9.10. The normalized spacial score (nSPS) is 11.4. The first-order valence-corrected chi connectivity index (χ1v) is 7.47. The van der Waals surface area contributed by atoms with Gasteiger partial charge in [0.05, 0.1) is 11.3 Å². The summed E-state index contributed by atoms with van der Waals surface area (Å²) in [5.41, 5.74) is -2.31. The quantitative estimate of drug-likeness (QED) is 0.751. The van der Waals surface area contributed by atoms with E-state index < -0.39 is 40.6 Å². The van der Waals surface area contributed by atoms with Crippen LogP contribution in [0, 0.1) is 5.82 Å². The standard InChI is InChI=1S/C14H8BrClF4N2O2/c15-8-1-2-11(10(17)4-8)21-12(23)6-22-5-7(14(18,19)20)3-9(16)13(22)24/h1-5H,6H2,(H,21,23). The molecule has 0 fully saturated rings. The predicted octanol–water partition coefficient (Wildman–Crippen LogP) is 4.06. The predicted molar refractivity (Wildman–Crippen MR) is 83.4 cm³/mol. The van der Waals surface area contributed by atoms with Gasteiger partial charge in [0.1, 0.15) is 17.4 Å². The molecule has 0 aliphatic heterocycles. The lowest BCUT2D eigenvalue weighted by Gasteiger charge is -2.12. The van der Waals surface area contributed by atoms with Gasteiger partial charge in [0.25, 0.3) is 5.56 Å². The van der Waals surface area contributed by atoms with E-state index in [1.807, 2.05) is 0 Å². The van der Waals surface area contributed by atoms with E-state index >= 15 is 0 Å². The summed E-state index contributed by atoms with van der Waals surface area (Å²) >= 11 is 8.52. The highest BCUT2D eigenvalue weighted by Crippen LogP contribution is 2.29. The number of hydrogen-bond acceptors (Lipinski definition) is 2. The van der Waals surface area contributed by atoms with Crippen LogP contribution in [0.25, 0.3) is 0 Å². The van der Waals surface area contributed by atoms with Gasteiger partial charge < -0.3 is 9.88 Å². The number of carbonyl (C=O) groups excluding carboxylic acids is 1. The first kappa shape index (κ1) is 18.5. The molecule has 1 aromatic carbocycles. The third kappa shape index (κ3) is 4.35. The molecule has 2 rings (SSSR count). The minimum absolute atomic E-state index is 0.172. The molecule has 0 saturated carbocycles. The Hall–Kier alpha value is -1.87. The first-order chi connectivity index (χ1) is 11.1. The smallest absolute Gasteiger partial charge is 0.322 e. The number of rotatable bonds is 3. The van der Waals surface area contributed by atoms with Gasteiger partial charge in [0.2, 0.25) is 5.91 Å². The van der Waals surface area contributed by atoms with Crippen molar-refractivity contribution in [2.75, 3.05) is 5.32 Å². The van der Waals surface area contributed by atoms with Crippen LogP contribution in [-0.4, -0.2) is 10.5 Å². The van der Waals surface area contributed by atoms with Gasteiger partial charge in [0.15, 0.2) is 0 Å². The number of amides is 1. The van der Waals surface area contributed by atoms with E-state index in [1.54, 1.807) is 0 Å². The number of pyridine rings is 1. The van der Waals surface area contributed by atoms with Gasteiger partial charge in [-0.15, -0.1) is 0 Å². The van der Waals surface area contributed by atoms with Crippen molar-refractivity contribution in [3.8, 4) is 0 Å². The first-order valence-electron chi connectivity index (χ1n) is 6.30. The summed E-state index contributed by atoms with van der Waals surface area (Å²) in [6, 6.07) is 4.31. The summed E-state index contributed by atoms with van der Waals surface area (Å²) < 4.78 is 52.8. The van der Waals surface area contributed by atoms with Crippen molar-refractivity contribution in [2.24, 2.45) is 0 Å². The molecule has 4 nitrogen and oxygen atoms in total. The van der Waals surface area contributed by atoms with Crippen LogP contribution in [0.15, 0.2) is 39.7 Å². The van der Waals surface area contributed by atoms with E-state index in [0.29, 0.717) is 21.3 Å². The van der Waals surface area contributed by atoms with Crippen LogP contribution in [0.5, 0.6) is 0 Å². The molecule has 0 unspecified atom stereocenters. The van der Waals surface area contributed by atoms with Gasteiger partial charge >= 0.3 is 6.18 Å². The Bertz CT molecular complexity index is 852. The summed E-state index contributed by atoms with van der Waals surface area (Å²) in [6.07, 6.45) is -4.25. The lowest BCUT2D eigenvalue weighted by molar-refractivity contribution is -0.138. The summed E-state index contributed by atoms with van der Waals surface area (Å²) in [4.78, 5) is 23.6. The molecule has 1 aromatic heterocycles. The van der Waals surface area contributed by atoms with E-state index in [9.17, 15) is 27.2 Å². The van der Waals surface area contributed by atoms with E-state index in [-0.39, 0.29) is 5.69 Å². The maximum Gasteiger partial charge on any atom is 0.417 e. The van der Waals surface area contributed by atoms with Crippen molar-refractivity contribution in [3.63, 3.8) is 0 Å². The van der Waals surface area contributed by atoms with Crippen molar-refractivity contribution in [1.29, 1.82) is 0 Å². The Morgan fingerprint density at radius 3 is 2.54 bits per heavy atom. The fourth-order valence-corrected chi connectivity index (χ4v) is 2.37. The number of benzene rings is 1. The second kappa shape index (κ2) is 6.94. The fourth-order valence-electron chi connectivity index (χ4n) is 1.81. The Kier molecular flexibility index (Phi) is 5.34. The molecule has 0 aliphatic carbocycles. The molecule has 0 saturated heterocycles. The molecule has 0 atom stereocenters. The van der Waals surface area contributed by atoms with E-state index in [4.69, 9.17) is 11.6 Å². The van der Waals surface area contributed by atoms with Crippen LogP contribution in [0.2, 0.25) is 5.02 Å². The van der Waals surface area contributed by atoms with Gasteiger partial charge in [-0.2, -0.15) is 13.2 Å². The largest absolute Gasteiger partial charge is 0.417 e. The van der Waals surface area contributed by atoms with E-state index in [0.717, 1.165) is 6.07 Å². The van der Waals surface area contributed by atoms with Crippen LogP contribution < -0.4 is 10.9 Å². The number of alkyl halides is 3. The molecule has 1 amide bonds. The molecule has 0 bridgehead atoms. The zero-order valence-corrected chi connectivity index (χ0v) is 14.0. The molecule has 0 radical (unpaired) electrons. The van der Waals surface area contributed by atoms with Crippen LogP contribution in [0.4, 0.5) is 23.2 Å². The number of nitrogens with zero attached hydrogens (tertiary/aromatic N) is 1. The lowest BCUT2D eigenvalue weighted by atomic mass is 10.2. The highest BCUT2D eigenvalue weighted by Gasteiger charge is 2.32.